The third kappa shape index (κ3) is 5.70. The standard InChI is InChI=1S/C25H26N2O3/c1-3-23(25(29)27-21-14-12-20(13-15-21)26-24(28)4-2)30-22-16-10-19(11-17-22)18-8-6-5-7-9-18/h5-17,23H,3-4H2,1-2H3,(H,26,28)(H,27,29). The highest BCUT2D eigenvalue weighted by atomic mass is 16.5. The first kappa shape index (κ1) is 21.1. The number of rotatable bonds is 8. The Morgan fingerprint density at radius 3 is 1.90 bits per heavy atom. The SMILES string of the molecule is CCC(=O)Nc1ccc(NC(=O)C(CC)Oc2ccc(-c3ccccc3)cc2)cc1. The van der Waals surface area contributed by atoms with E-state index in [1.165, 1.54) is 0 Å². The van der Waals surface area contributed by atoms with Crippen molar-refractivity contribution in [1.82, 2.24) is 0 Å². The number of carbonyl (C=O) groups excluding carboxylic acids is 2. The molecule has 0 aromatic heterocycles. The van der Waals surface area contributed by atoms with Gasteiger partial charge in [-0.05, 0) is 53.9 Å². The average molecular weight is 402 g/mol. The zero-order valence-electron chi connectivity index (χ0n) is 17.2. The molecule has 0 spiro atoms. The number of amides is 2. The van der Waals surface area contributed by atoms with Gasteiger partial charge in [-0.1, -0.05) is 56.3 Å². The minimum Gasteiger partial charge on any atom is -0.481 e. The van der Waals surface area contributed by atoms with Crippen LogP contribution in [0, 0.1) is 0 Å². The van der Waals surface area contributed by atoms with Gasteiger partial charge in [0.25, 0.3) is 5.91 Å². The van der Waals surface area contributed by atoms with Gasteiger partial charge in [-0.25, -0.2) is 0 Å². The van der Waals surface area contributed by atoms with Gasteiger partial charge in [0.05, 0.1) is 0 Å². The topological polar surface area (TPSA) is 67.4 Å². The first-order valence-corrected chi connectivity index (χ1v) is 10.1. The summed E-state index contributed by atoms with van der Waals surface area (Å²) in [6, 6.07) is 24.8. The average Bonchev–Trinajstić information content (AvgIpc) is 2.79. The maximum Gasteiger partial charge on any atom is 0.265 e. The fourth-order valence-electron chi connectivity index (χ4n) is 2.95. The quantitative estimate of drug-likeness (QED) is 0.523. The van der Waals surface area contributed by atoms with Crippen molar-refractivity contribution in [2.45, 2.75) is 32.8 Å². The van der Waals surface area contributed by atoms with Gasteiger partial charge < -0.3 is 15.4 Å². The van der Waals surface area contributed by atoms with Crippen LogP contribution < -0.4 is 15.4 Å². The van der Waals surface area contributed by atoms with Crippen LogP contribution >= 0.6 is 0 Å². The Hall–Kier alpha value is -3.60. The molecular formula is C25H26N2O3. The van der Waals surface area contributed by atoms with Crippen LogP contribution in [0.4, 0.5) is 11.4 Å². The molecule has 154 valence electrons. The summed E-state index contributed by atoms with van der Waals surface area (Å²) in [5, 5.41) is 5.65. The lowest BCUT2D eigenvalue weighted by Gasteiger charge is -2.18. The van der Waals surface area contributed by atoms with Crippen LogP contribution in [-0.2, 0) is 9.59 Å². The van der Waals surface area contributed by atoms with Crippen molar-refractivity contribution in [3.63, 3.8) is 0 Å². The molecule has 30 heavy (non-hydrogen) atoms. The maximum atomic E-state index is 12.6. The Labute approximate surface area is 177 Å². The van der Waals surface area contributed by atoms with Crippen molar-refractivity contribution in [3.05, 3.63) is 78.9 Å². The molecule has 2 amide bonds. The van der Waals surface area contributed by atoms with Gasteiger partial charge in [-0.15, -0.1) is 0 Å². The molecule has 1 atom stereocenters. The second-order valence-electron chi connectivity index (χ2n) is 6.87. The summed E-state index contributed by atoms with van der Waals surface area (Å²) in [7, 11) is 0. The molecule has 0 fully saturated rings. The van der Waals surface area contributed by atoms with Crippen molar-refractivity contribution in [2.75, 3.05) is 10.6 Å². The van der Waals surface area contributed by atoms with Crippen molar-refractivity contribution in [3.8, 4) is 16.9 Å². The fourth-order valence-corrected chi connectivity index (χ4v) is 2.95. The molecule has 0 saturated heterocycles. The molecule has 2 N–H and O–H groups in total. The number of carbonyl (C=O) groups is 2. The number of benzene rings is 3. The normalized spacial score (nSPS) is 11.4. The highest BCUT2D eigenvalue weighted by molar-refractivity contribution is 5.95. The van der Waals surface area contributed by atoms with Crippen LogP contribution in [0.5, 0.6) is 5.75 Å². The van der Waals surface area contributed by atoms with E-state index in [0.717, 1.165) is 11.1 Å². The molecule has 0 radical (unpaired) electrons. The van der Waals surface area contributed by atoms with E-state index in [4.69, 9.17) is 4.74 Å². The molecule has 0 aliphatic rings. The molecule has 3 rings (SSSR count). The summed E-state index contributed by atoms with van der Waals surface area (Å²) in [4.78, 5) is 24.1. The highest BCUT2D eigenvalue weighted by Gasteiger charge is 2.18. The molecule has 0 bridgehead atoms. The number of anilines is 2. The van der Waals surface area contributed by atoms with E-state index in [1.54, 1.807) is 31.2 Å². The van der Waals surface area contributed by atoms with Crippen molar-refractivity contribution in [1.29, 1.82) is 0 Å². The Morgan fingerprint density at radius 2 is 1.33 bits per heavy atom. The number of hydrogen-bond acceptors (Lipinski definition) is 3. The van der Waals surface area contributed by atoms with E-state index >= 15 is 0 Å². The van der Waals surface area contributed by atoms with E-state index in [1.807, 2.05) is 49.4 Å². The van der Waals surface area contributed by atoms with E-state index in [0.29, 0.717) is 30.0 Å². The molecule has 1 unspecified atom stereocenters. The van der Waals surface area contributed by atoms with Crippen LogP contribution in [0.3, 0.4) is 0 Å². The Balaban J connectivity index is 1.60. The van der Waals surface area contributed by atoms with E-state index in [2.05, 4.69) is 22.8 Å². The van der Waals surface area contributed by atoms with Gasteiger partial charge >= 0.3 is 0 Å². The smallest absolute Gasteiger partial charge is 0.265 e. The first-order valence-electron chi connectivity index (χ1n) is 10.1. The Morgan fingerprint density at radius 1 is 0.767 bits per heavy atom. The lowest BCUT2D eigenvalue weighted by molar-refractivity contribution is -0.122. The van der Waals surface area contributed by atoms with Gasteiger partial charge in [-0.3, -0.25) is 9.59 Å². The van der Waals surface area contributed by atoms with E-state index in [-0.39, 0.29) is 11.8 Å². The first-order chi connectivity index (χ1) is 14.6. The van der Waals surface area contributed by atoms with E-state index < -0.39 is 6.10 Å². The van der Waals surface area contributed by atoms with Crippen molar-refractivity contribution < 1.29 is 14.3 Å². The monoisotopic (exact) mass is 402 g/mol. The largest absolute Gasteiger partial charge is 0.481 e. The second-order valence-corrected chi connectivity index (χ2v) is 6.87. The van der Waals surface area contributed by atoms with Crippen LogP contribution in [0.1, 0.15) is 26.7 Å². The van der Waals surface area contributed by atoms with Gasteiger partial charge in [-0.2, -0.15) is 0 Å². The van der Waals surface area contributed by atoms with Crippen molar-refractivity contribution in [2.24, 2.45) is 0 Å². The van der Waals surface area contributed by atoms with Crippen LogP contribution in [0.25, 0.3) is 11.1 Å². The molecular weight excluding hydrogens is 376 g/mol. The third-order valence-corrected chi connectivity index (χ3v) is 4.66. The van der Waals surface area contributed by atoms with Crippen LogP contribution in [0.15, 0.2) is 78.9 Å². The molecule has 0 saturated carbocycles. The molecule has 5 nitrogen and oxygen atoms in total. The zero-order valence-corrected chi connectivity index (χ0v) is 17.2. The van der Waals surface area contributed by atoms with Gasteiger partial charge in [0, 0.05) is 17.8 Å². The summed E-state index contributed by atoms with van der Waals surface area (Å²) < 4.78 is 5.91. The van der Waals surface area contributed by atoms with Gasteiger partial charge in [0.2, 0.25) is 5.91 Å². The molecule has 5 heteroatoms. The Kier molecular flexibility index (Phi) is 7.22. The summed E-state index contributed by atoms with van der Waals surface area (Å²) >= 11 is 0. The summed E-state index contributed by atoms with van der Waals surface area (Å²) in [6.45, 7) is 3.70. The highest BCUT2D eigenvalue weighted by Crippen LogP contribution is 2.23. The number of ether oxygens (including phenoxy) is 1. The summed E-state index contributed by atoms with van der Waals surface area (Å²) in [6.07, 6.45) is 0.351. The lowest BCUT2D eigenvalue weighted by atomic mass is 10.1. The van der Waals surface area contributed by atoms with Crippen molar-refractivity contribution >= 4 is 23.2 Å². The van der Waals surface area contributed by atoms with Gasteiger partial charge in [0.1, 0.15) is 5.75 Å². The van der Waals surface area contributed by atoms with Gasteiger partial charge in [0.15, 0.2) is 6.10 Å². The summed E-state index contributed by atoms with van der Waals surface area (Å²) in [5.41, 5.74) is 3.57. The molecule has 3 aromatic rings. The molecule has 0 heterocycles. The second kappa shape index (κ2) is 10.3. The van der Waals surface area contributed by atoms with E-state index in [9.17, 15) is 9.59 Å². The number of hydrogen-bond donors (Lipinski definition) is 2. The minimum absolute atomic E-state index is 0.0514. The zero-order chi connectivity index (χ0) is 21.3. The van der Waals surface area contributed by atoms with Crippen LogP contribution in [-0.4, -0.2) is 17.9 Å². The molecule has 3 aromatic carbocycles. The Bertz CT molecular complexity index is 968. The molecule has 0 aliphatic carbocycles. The predicted molar refractivity (Wildman–Crippen MR) is 121 cm³/mol. The maximum absolute atomic E-state index is 12.6. The number of nitrogens with one attached hydrogen (secondary N) is 2. The minimum atomic E-state index is -0.605. The third-order valence-electron chi connectivity index (χ3n) is 4.66. The summed E-state index contributed by atoms with van der Waals surface area (Å²) in [5.74, 6) is 0.383. The fraction of sp³-hybridized carbons (Fsp3) is 0.200. The predicted octanol–water partition coefficient (Wildman–Crippen LogP) is 5.50. The molecule has 0 aliphatic heterocycles. The van der Waals surface area contributed by atoms with Crippen LogP contribution in [0.2, 0.25) is 0 Å². The lowest BCUT2D eigenvalue weighted by Crippen LogP contribution is -2.32.